The molecule has 1 aromatic heterocycles. The maximum atomic E-state index is 12.9. The van der Waals surface area contributed by atoms with Crippen LogP contribution in [0.3, 0.4) is 0 Å². The minimum Gasteiger partial charge on any atom is -0.304 e. The van der Waals surface area contributed by atoms with E-state index in [9.17, 15) is 18.0 Å². The first-order chi connectivity index (χ1) is 9.13. The van der Waals surface area contributed by atoms with Gasteiger partial charge < -0.3 is 5.32 Å². The molecule has 2 atom stereocenters. The van der Waals surface area contributed by atoms with Crippen LogP contribution in [0.4, 0.5) is 13.2 Å². The van der Waals surface area contributed by atoms with Crippen molar-refractivity contribution < 1.29 is 18.0 Å². The number of nitrogens with one attached hydrogen (secondary N) is 1. The van der Waals surface area contributed by atoms with Gasteiger partial charge in [0.1, 0.15) is 0 Å². The van der Waals surface area contributed by atoms with Crippen LogP contribution in [0.5, 0.6) is 0 Å². The third-order valence-corrected chi connectivity index (χ3v) is 5.38. The maximum Gasteiger partial charge on any atom is 0.412 e. The van der Waals surface area contributed by atoms with E-state index in [4.69, 9.17) is 0 Å². The van der Waals surface area contributed by atoms with Gasteiger partial charge >= 0.3 is 6.18 Å². The van der Waals surface area contributed by atoms with Crippen molar-refractivity contribution >= 4 is 34.2 Å². The van der Waals surface area contributed by atoms with Crippen molar-refractivity contribution in [2.75, 3.05) is 0 Å². The Morgan fingerprint density at radius 2 is 2.05 bits per heavy atom. The van der Waals surface area contributed by atoms with Gasteiger partial charge in [-0.1, -0.05) is 11.8 Å². The van der Waals surface area contributed by atoms with Gasteiger partial charge in [-0.05, 0) is 32.9 Å². The average molecular weight is 322 g/mol. The highest BCUT2D eigenvalue weighted by atomic mass is 32.2. The zero-order chi connectivity index (χ0) is 15.1. The molecule has 0 radical (unpaired) electrons. The molecule has 1 aliphatic heterocycles. The number of halogens is 3. The largest absolute Gasteiger partial charge is 0.412 e. The van der Waals surface area contributed by atoms with Crippen LogP contribution in [0.1, 0.15) is 29.6 Å². The van der Waals surface area contributed by atoms with Crippen LogP contribution in [-0.4, -0.2) is 22.0 Å². The van der Waals surface area contributed by atoms with Crippen LogP contribution in [-0.2, 0) is 4.79 Å². The topological polar surface area (TPSA) is 41.5 Å². The van der Waals surface area contributed by atoms with E-state index in [-0.39, 0.29) is 11.2 Å². The lowest BCUT2D eigenvalue weighted by molar-refractivity contribution is -0.166. The summed E-state index contributed by atoms with van der Waals surface area (Å²) in [6.07, 6.45) is -4.61. The third-order valence-electron chi connectivity index (χ3n) is 2.98. The molecule has 1 unspecified atom stereocenters. The fourth-order valence-electron chi connectivity index (χ4n) is 1.64. The highest BCUT2D eigenvalue weighted by Gasteiger charge is 2.61. The van der Waals surface area contributed by atoms with Crippen molar-refractivity contribution in [3.05, 3.63) is 21.9 Å². The molecule has 20 heavy (non-hydrogen) atoms. The van der Waals surface area contributed by atoms with E-state index >= 15 is 0 Å². The minimum absolute atomic E-state index is 0.0216. The van der Waals surface area contributed by atoms with Crippen LogP contribution in [0, 0.1) is 6.92 Å². The first-order valence-corrected chi connectivity index (χ1v) is 7.48. The van der Waals surface area contributed by atoms with Crippen molar-refractivity contribution in [1.29, 1.82) is 0 Å². The van der Waals surface area contributed by atoms with Gasteiger partial charge in [0.2, 0.25) is 0 Å². The molecule has 1 N–H and O–H groups in total. The Morgan fingerprint density at radius 1 is 1.40 bits per heavy atom. The first-order valence-electron chi connectivity index (χ1n) is 5.85. The number of thiophene rings is 1. The Hall–Kier alpha value is -1.02. The molecule has 1 saturated heterocycles. The van der Waals surface area contributed by atoms with Crippen molar-refractivity contribution in [1.82, 2.24) is 5.32 Å². The molecule has 1 aliphatic rings. The van der Waals surface area contributed by atoms with Crippen LogP contribution < -0.4 is 5.32 Å². The highest BCUT2D eigenvalue weighted by Crippen LogP contribution is 2.45. The molecule has 0 aromatic carbocycles. The molecule has 8 heteroatoms. The molecule has 2 heterocycles. The number of hydrogen-bond donors (Lipinski definition) is 1. The number of rotatable bonds is 2. The highest BCUT2D eigenvalue weighted by molar-refractivity contribution is 8.16. The fourth-order valence-corrected chi connectivity index (χ4v) is 3.51. The van der Waals surface area contributed by atoms with Crippen LogP contribution in [0.25, 0.3) is 0 Å². The Balaban J connectivity index is 2.20. The van der Waals surface area contributed by atoms with Gasteiger partial charge in [0.25, 0.3) is 5.91 Å². The van der Waals surface area contributed by atoms with Gasteiger partial charge in [-0.3, -0.25) is 9.79 Å². The second-order valence-corrected chi connectivity index (χ2v) is 7.37. The lowest BCUT2D eigenvalue weighted by atomic mass is 10.1. The zero-order valence-electron chi connectivity index (χ0n) is 11.0. The van der Waals surface area contributed by atoms with E-state index in [1.165, 1.54) is 11.3 Å². The third kappa shape index (κ3) is 2.71. The standard InChI is InChI=1S/C12H13F3N2OS2/c1-6-4-5-8(19-6)7(2)16-10-17-9(18)11(3,20-10)12(13,14)15/h4-5,7H,1-3H3,(H,16,17,18)/t7-,11?/m0/s1. The quantitative estimate of drug-likeness (QED) is 0.903. The summed E-state index contributed by atoms with van der Waals surface area (Å²) in [6.45, 7) is 4.60. The van der Waals surface area contributed by atoms with Crippen molar-refractivity contribution in [2.45, 2.75) is 37.7 Å². The normalized spacial score (nSPS) is 26.9. The van der Waals surface area contributed by atoms with E-state index in [1.807, 2.05) is 19.1 Å². The Bertz CT molecular complexity index is 567. The summed E-state index contributed by atoms with van der Waals surface area (Å²) < 4.78 is 36.2. The molecule has 110 valence electrons. The second kappa shape index (κ2) is 5.07. The number of carbonyl (C=O) groups is 1. The van der Waals surface area contributed by atoms with E-state index in [2.05, 4.69) is 10.3 Å². The van der Waals surface area contributed by atoms with E-state index in [1.54, 1.807) is 6.92 Å². The molecule has 1 amide bonds. The van der Waals surface area contributed by atoms with Gasteiger partial charge in [-0.25, -0.2) is 0 Å². The monoisotopic (exact) mass is 322 g/mol. The number of hydrogen-bond acceptors (Lipinski definition) is 4. The van der Waals surface area contributed by atoms with Gasteiger partial charge in [-0.15, -0.1) is 11.3 Å². The molecule has 1 aromatic rings. The summed E-state index contributed by atoms with van der Waals surface area (Å²) >= 11 is 1.96. The predicted molar refractivity (Wildman–Crippen MR) is 75.1 cm³/mol. The first kappa shape index (κ1) is 15.4. The minimum atomic E-state index is -4.61. The summed E-state index contributed by atoms with van der Waals surface area (Å²) in [5.41, 5.74) is 0. The lowest BCUT2D eigenvalue weighted by Crippen LogP contribution is -2.46. The summed E-state index contributed by atoms with van der Waals surface area (Å²) in [7, 11) is 0. The number of carbonyl (C=O) groups excluding carboxylic acids is 1. The molecule has 1 fully saturated rings. The zero-order valence-corrected chi connectivity index (χ0v) is 12.7. The van der Waals surface area contributed by atoms with Gasteiger partial charge in [0.15, 0.2) is 9.91 Å². The second-order valence-electron chi connectivity index (χ2n) is 4.65. The molecule has 0 bridgehead atoms. The predicted octanol–water partition coefficient (Wildman–Crippen LogP) is 3.66. The molecule has 2 rings (SSSR count). The number of thioether (sulfide) groups is 1. The lowest BCUT2D eigenvalue weighted by Gasteiger charge is -2.21. The maximum absolute atomic E-state index is 12.9. The number of alkyl halides is 3. The van der Waals surface area contributed by atoms with Gasteiger partial charge in [0.05, 0.1) is 6.04 Å². The Morgan fingerprint density at radius 3 is 2.50 bits per heavy atom. The summed E-state index contributed by atoms with van der Waals surface area (Å²) in [5.74, 6) is -1.07. The van der Waals surface area contributed by atoms with Gasteiger partial charge in [-0.2, -0.15) is 13.2 Å². The van der Waals surface area contributed by atoms with E-state index < -0.39 is 16.8 Å². The van der Waals surface area contributed by atoms with Gasteiger partial charge in [0, 0.05) is 9.75 Å². The SMILES string of the molecule is Cc1ccc([C@H](C)N=C2NC(=O)C(C)(C(F)(F)F)S2)s1. The average Bonchev–Trinajstić information content (AvgIpc) is 2.84. The van der Waals surface area contributed by atoms with Crippen molar-refractivity contribution in [3.63, 3.8) is 0 Å². The summed E-state index contributed by atoms with van der Waals surface area (Å²) in [5, 5.41) is 2.24. The molecule has 3 nitrogen and oxygen atoms in total. The number of nitrogens with zero attached hydrogens (tertiary/aromatic N) is 1. The smallest absolute Gasteiger partial charge is 0.304 e. The number of aliphatic imine (C=N–C) groups is 1. The Kier molecular flexibility index (Phi) is 3.90. The molecule has 0 aliphatic carbocycles. The van der Waals surface area contributed by atoms with Crippen LogP contribution in [0.15, 0.2) is 17.1 Å². The molecule has 0 spiro atoms. The molecular weight excluding hydrogens is 309 g/mol. The Labute approximate surface area is 122 Å². The number of amidine groups is 1. The van der Waals surface area contributed by atoms with E-state index in [0.29, 0.717) is 11.8 Å². The number of amides is 1. The van der Waals surface area contributed by atoms with Crippen molar-refractivity contribution in [2.24, 2.45) is 4.99 Å². The van der Waals surface area contributed by atoms with Crippen molar-refractivity contribution in [3.8, 4) is 0 Å². The van der Waals surface area contributed by atoms with E-state index in [0.717, 1.165) is 16.7 Å². The molecular formula is C12H13F3N2OS2. The van der Waals surface area contributed by atoms with Crippen LogP contribution >= 0.6 is 23.1 Å². The summed E-state index contributed by atoms with van der Waals surface area (Å²) in [6, 6.07) is 3.53. The van der Waals surface area contributed by atoms with Crippen LogP contribution in [0.2, 0.25) is 0 Å². The fraction of sp³-hybridized carbons (Fsp3) is 0.500. The number of aryl methyl sites for hydroxylation is 1. The molecule has 0 saturated carbocycles. The summed E-state index contributed by atoms with van der Waals surface area (Å²) in [4.78, 5) is 17.8.